The Morgan fingerprint density at radius 1 is 1.24 bits per heavy atom. The lowest BCUT2D eigenvalue weighted by Gasteiger charge is -2.20. The van der Waals surface area contributed by atoms with Crippen LogP contribution >= 0.6 is 0 Å². The van der Waals surface area contributed by atoms with E-state index in [4.69, 9.17) is 0 Å². The number of benzene rings is 1. The van der Waals surface area contributed by atoms with E-state index in [0.29, 0.717) is 11.4 Å². The molecule has 2 aromatic rings. The standard InChI is InChI=1S/C15H16FN3O2/c1-10(14(20)11-5-7-12(16)8-6-11)18-15(21)19-13-4-2-3-9-17-13/h2-10,14,20H,1H3,(H2,17,18,19,21)/t10-,14-/m1/s1. The highest BCUT2D eigenvalue weighted by Crippen LogP contribution is 2.17. The largest absolute Gasteiger partial charge is 0.386 e. The van der Waals surface area contributed by atoms with Gasteiger partial charge in [-0.25, -0.2) is 14.2 Å². The van der Waals surface area contributed by atoms with Crippen LogP contribution in [0.2, 0.25) is 0 Å². The molecule has 2 rings (SSSR count). The van der Waals surface area contributed by atoms with Crippen LogP contribution in [0.4, 0.5) is 15.0 Å². The van der Waals surface area contributed by atoms with E-state index in [2.05, 4.69) is 15.6 Å². The number of carbonyl (C=O) groups excluding carboxylic acids is 1. The molecule has 3 N–H and O–H groups in total. The number of halogens is 1. The number of aliphatic hydroxyl groups excluding tert-OH is 1. The van der Waals surface area contributed by atoms with Gasteiger partial charge in [0.05, 0.1) is 12.1 Å². The predicted molar refractivity (Wildman–Crippen MR) is 77.2 cm³/mol. The van der Waals surface area contributed by atoms with Crippen LogP contribution in [-0.4, -0.2) is 22.2 Å². The molecule has 0 aliphatic carbocycles. The van der Waals surface area contributed by atoms with Gasteiger partial charge in [-0.1, -0.05) is 18.2 Å². The highest BCUT2D eigenvalue weighted by atomic mass is 19.1. The number of anilines is 1. The molecular formula is C15H16FN3O2. The van der Waals surface area contributed by atoms with Crippen molar-refractivity contribution in [2.75, 3.05) is 5.32 Å². The first-order chi connectivity index (χ1) is 10.1. The van der Waals surface area contributed by atoms with Crippen molar-refractivity contribution >= 4 is 11.8 Å². The van der Waals surface area contributed by atoms with Gasteiger partial charge in [0.1, 0.15) is 11.6 Å². The summed E-state index contributed by atoms with van der Waals surface area (Å²) in [6.45, 7) is 1.66. The Bertz CT molecular complexity index is 590. The van der Waals surface area contributed by atoms with Crippen LogP contribution in [0.5, 0.6) is 0 Å². The van der Waals surface area contributed by atoms with Gasteiger partial charge in [-0.2, -0.15) is 0 Å². The number of nitrogens with zero attached hydrogens (tertiary/aromatic N) is 1. The zero-order valence-corrected chi connectivity index (χ0v) is 11.5. The number of rotatable bonds is 4. The number of urea groups is 1. The quantitative estimate of drug-likeness (QED) is 0.809. The third-order valence-corrected chi connectivity index (χ3v) is 2.95. The maximum Gasteiger partial charge on any atom is 0.320 e. The van der Waals surface area contributed by atoms with Gasteiger partial charge in [-0.3, -0.25) is 5.32 Å². The van der Waals surface area contributed by atoms with Crippen molar-refractivity contribution in [1.29, 1.82) is 0 Å². The van der Waals surface area contributed by atoms with Crippen molar-refractivity contribution in [2.24, 2.45) is 0 Å². The molecule has 0 fully saturated rings. The first kappa shape index (κ1) is 14.9. The summed E-state index contributed by atoms with van der Waals surface area (Å²) in [4.78, 5) is 15.7. The van der Waals surface area contributed by atoms with Crippen molar-refractivity contribution in [1.82, 2.24) is 10.3 Å². The minimum Gasteiger partial charge on any atom is -0.386 e. The molecule has 1 aromatic heterocycles. The molecule has 5 nitrogen and oxygen atoms in total. The zero-order valence-electron chi connectivity index (χ0n) is 11.5. The van der Waals surface area contributed by atoms with Crippen molar-refractivity contribution < 1.29 is 14.3 Å². The number of nitrogens with one attached hydrogen (secondary N) is 2. The topological polar surface area (TPSA) is 74.2 Å². The zero-order chi connectivity index (χ0) is 15.2. The number of amides is 2. The van der Waals surface area contributed by atoms with Crippen LogP contribution < -0.4 is 10.6 Å². The highest BCUT2D eigenvalue weighted by Gasteiger charge is 2.18. The van der Waals surface area contributed by atoms with Crippen LogP contribution in [0, 0.1) is 5.82 Å². The average Bonchev–Trinajstić information content (AvgIpc) is 2.48. The van der Waals surface area contributed by atoms with E-state index in [-0.39, 0.29) is 5.82 Å². The van der Waals surface area contributed by atoms with E-state index in [0.717, 1.165) is 0 Å². The first-order valence-corrected chi connectivity index (χ1v) is 6.48. The molecule has 0 aliphatic heterocycles. The van der Waals surface area contributed by atoms with E-state index in [1.54, 1.807) is 31.3 Å². The fraction of sp³-hybridized carbons (Fsp3) is 0.200. The lowest BCUT2D eigenvalue weighted by atomic mass is 10.0. The number of carbonyl (C=O) groups is 1. The van der Waals surface area contributed by atoms with Crippen LogP contribution in [0.1, 0.15) is 18.6 Å². The second-order valence-electron chi connectivity index (χ2n) is 4.60. The summed E-state index contributed by atoms with van der Waals surface area (Å²) in [6.07, 6.45) is 0.631. The van der Waals surface area contributed by atoms with Crippen molar-refractivity contribution in [3.05, 3.63) is 60.0 Å². The molecule has 0 saturated carbocycles. The molecule has 1 heterocycles. The molecule has 6 heteroatoms. The molecule has 0 radical (unpaired) electrons. The fourth-order valence-corrected chi connectivity index (χ4v) is 1.82. The van der Waals surface area contributed by atoms with Gasteiger partial charge in [0.2, 0.25) is 0 Å². The molecular weight excluding hydrogens is 273 g/mol. The molecule has 0 bridgehead atoms. The van der Waals surface area contributed by atoms with Crippen molar-refractivity contribution in [3.8, 4) is 0 Å². The SMILES string of the molecule is C[C@@H](NC(=O)Nc1ccccn1)[C@@H](O)c1ccc(F)cc1. The van der Waals surface area contributed by atoms with Crippen LogP contribution in [0.15, 0.2) is 48.7 Å². The summed E-state index contributed by atoms with van der Waals surface area (Å²) in [5.41, 5.74) is 0.530. The molecule has 110 valence electrons. The third-order valence-electron chi connectivity index (χ3n) is 2.95. The molecule has 2 atom stereocenters. The number of hydrogen-bond donors (Lipinski definition) is 3. The Morgan fingerprint density at radius 3 is 2.57 bits per heavy atom. The minimum atomic E-state index is -0.930. The van der Waals surface area contributed by atoms with Crippen molar-refractivity contribution in [2.45, 2.75) is 19.1 Å². The van der Waals surface area contributed by atoms with Gasteiger partial charge < -0.3 is 10.4 Å². The van der Waals surface area contributed by atoms with E-state index in [1.165, 1.54) is 24.3 Å². The van der Waals surface area contributed by atoms with Gasteiger partial charge in [0.15, 0.2) is 0 Å². The average molecular weight is 289 g/mol. The lowest BCUT2D eigenvalue weighted by Crippen LogP contribution is -2.39. The second kappa shape index (κ2) is 6.81. The van der Waals surface area contributed by atoms with Crippen LogP contribution in [-0.2, 0) is 0 Å². The van der Waals surface area contributed by atoms with Gasteiger partial charge >= 0.3 is 6.03 Å². The Balaban J connectivity index is 1.92. The summed E-state index contributed by atoms with van der Waals surface area (Å²) in [5.74, 6) is 0.0397. The maximum absolute atomic E-state index is 12.8. The minimum absolute atomic E-state index is 0.376. The normalized spacial score (nSPS) is 13.3. The monoisotopic (exact) mass is 289 g/mol. The van der Waals surface area contributed by atoms with Gasteiger partial charge in [0.25, 0.3) is 0 Å². The van der Waals surface area contributed by atoms with Crippen LogP contribution in [0.3, 0.4) is 0 Å². The van der Waals surface area contributed by atoms with Gasteiger partial charge in [0, 0.05) is 6.20 Å². The number of hydrogen-bond acceptors (Lipinski definition) is 3. The van der Waals surface area contributed by atoms with Crippen LogP contribution in [0.25, 0.3) is 0 Å². The highest BCUT2D eigenvalue weighted by molar-refractivity contribution is 5.88. The molecule has 1 aromatic carbocycles. The molecule has 21 heavy (non-hydrogen) atoms. The third kappa shape index (κ3) is 4.25. The molecule has 0 saturated heterocycles. The summed E-state index contributed by atoms with van der Waals surface area (Å²) in [6, 6.07) is 9.62. The summed E-state index contributed by atoms with van der Waals surface area (Å²) < 4.78 is 12.8. The molecule has 0 unspecified atom stereocenters. The predicted octanol–water partition coefficient (Wildman–Crippen LogP) is 2.46. The molecule has 2 amide bonds. The maximum atomic E-state index is 12.8. The van der Waals surface area contributed by atoms with E-state index >= 15 is 0 Å². The fourth-order valence-electron chi connectivity index (χ4n) is 1.82. The Hall–Kier alpha value is -2.47. The van der Waals surface area contributed by atoms with Gasteiger partial charge in [-0.15, -0.1) is 0 Å². The number of aliphatic hydroxyl groups is 1. The number of aromatic nitrogens is 1. The number of pyridine rings is 1. The van der Waals surface area contributed by atoms with Gasteiger partial charge in [-0.05, 0) is 36.8 Å². The van der Waals surface area contributed by atoms with E-state index in [1.807, 2.05) is 0 Å². The van der Waals surface area contributed by atoms with E-state index in [9.17, 15) is 14.3 Å². The summed E-state index contributed by atoms with van der Waals surface area (Å²) in [7, 11) is 0. The second-order valence-corrected chi connectivity index (χ2v) is 4.60. The summed E-state index contributed by atoms with van der Waals surface area (Å²) in [5, 5.41) is 15.3. The Morgan fingerprint density at radius 2 is 1.95 bits per heavy atom. The molecule has 0 aliphatic rings. The van der Waals surface area contributed by atoms with E-state index < -0.39 is 18.2 Å². The van der Waals surface area contributed by atoms with Crippen molar-refractivity contribution in [3.63, 3.8) is 0 Å². The Kier molecular flexibility index (Phi) is 4.84. The summed E-state index contributed by atoms with van der Waals surface area (Å²) >= 11 is 0. The Labute approximate surface area is 121 Å². The molecule has 0 spiro atoms. The first-order valence-electron chi connectivity index (χ1n) is 6.48. The smallest absolute Gasteiger partial charge is 0.320 e. The lowest BCUT2D eigenvalue weighted by molar-refractivity contribution is 0.139.